The second-order valence-corrected chi connectivity index (χ2v) is 7.51. The average molecular weight is 383 g/mol. The van der Waals surface area contributed by atoms with Gasteiger partial charge in [-0.25, -0.2) is 0 Å². The Morgan fingerprint density at radius 2 is 1.38 bits per heavy atom. The first-order chi connectivity index (χ1) is 11.1. The molecule has 24 heavy (non-hydrogen) atoms. The molecule has 4 nitrogen and oxygen atoms in total. The molecule has 1 rings (SSSR count). The molecule has 132 valence electrons. The summed E-state index contributed by atoms with van der Waals surface area (Å²) in [6.45, 7) is 2.40. The largest absolute Gasteiger partial charge is 2.00 e. The quantitative estimate of drug-likeness (QED) is 0.307. The molecule has 0 heterocycles. The van der Waals surface area contributed by atoms with E-state index in [0.29, 0.717) is 0 Å². The molecule has 0 aromatic heterocycles. The Hall–Kier alpha value is 0.190. The minimum Gasteiger partial charge on any atom is -0.506 e. The number of aromatic hydroxyl groups is 1. The molecule has 0 aliphatic carbocycles. The van der Waals surface area contributed by atoms with Gasteiger partial charge in [0.05, 0.1) is 6.61 Å². The predicted octanol–water partition coefficient (Wildman–Crippen LogP) is 4.64. The second kappa shape index (κ2) is 14.4. The van der Waals surface area contributed by atoms with Crippen molar-refractivity contribution >= 4 is 47.9 Å². The zero-order valence-corrected chi connectivity index (χ0v) is 17.9. The van der Waals surface area contributed by atoms with Crippen molar-refractivity contribution in [1.82, 2.24) is 0 Å². The van der Waals surface area contributed by atoms with E-state index in [2.05, 4.69) is 6.92 Å². The Bertz CT molecular complexity index is 532. The van der Waals surface area contributed by atoms with E-state index in [1.165, 1.54) is 57.1 Å². The van der Waals surface area contributed by atoms with Crippen molar-refractivity contribution in [2.75, 3.05) is 6.61 Å². The van der Waals surface area contributed by atoms with Crippen LogP contribution in [-0.4, -0.2) is 57.9 Å². The van der Waals surface area contributed by atoms with Gasteiger partial charge in [0.1, 0.15) is 10.6 Å². The van der Waals surface area contributed by atoms with Crippen molar-refractivity contribution in [2.45, 2.75) is 76.0 Å². The fraction of sp³-hybridized carbons (Fsp3) is 0.667. The van der Waals surface area contributed by atoms with Gasteiger partial charge in [0.25, 0.3) is 0 Å². The van der Waals surface area contributed by atoms with Gasteiger partial charge in [-0.3, -0.25) is 4.18 Å². The van der Waals surface area contributed by atoms with Crippen molar-refractivity contribution in [2.24, 2.45) is 0 Å². The Labute approximate surface area is 177 Å². The Morgan fingerprint density at radius 3 is 1.92 bits per heavy atom. The smallest absolute Gasteiger partial charge is 0.506 e. The number of unbranched alkanes of at least 4 members (excludes halogenated alkanes) is 9. The van der Waals surface area contributed by atoms with Crippen LogP contribution in [0.2, 0.25) is 0 Å². The van der Waals surface area contributed by atoms with Crippen LogP contribution in [0, 0.1) is 0 Å². The number of benzene rings is 1. The SMILES string of the molecule is CCCCCCCCCCCCOS(=O)(=O)c1ccccc1O.[Ca+2]. The summed E-state index contributed by atoms with van der Waals surface area (Å²) in [6, 6.07) is 5.84. The van der Waals surface area contributed by atoms with E-state index >= 15 is 0 Å². The summed E-state index contributed by atoms with van der Waals surface area (Å²) in [5.74, 6) is -0.268. The summed E-state index contributed by atoms with van der Waals surface area (Å²) in [6.07, 6.45) is 11.9. The fourth-order valence-electron chi connectivity index (χ4n) is 2.49. The first-order valence-corrected chi connectivity index (χ1v) is 10.2. The third kappa shape index (κ3) is 10.2. The summed E-state index contributed by atoms with van der Waals surface area (Å²) in [7, 11) is -3.85. The molecule has 0 saturated carbocycles. The van der Waals surface area contributed by atoms with Gasteiger partial charge in [-0.2, -0.15) is 8.42 Å². The molecule has 0 fully saturated rings. The van der Waals surface area contributed by atoms with E-state index in [9.17, 15) is 13.5 Å². The molecule has 0 bridgehead atoms. The van der Waals surface area contributed by atoms with Gasteiger partial charge in [-0.15, -0.1) is 0 Å². The summed E-state index contributed by atoms with van der Waals surface area (Å²) >= 11 is 0. The molecule has 6 heteroatoms. The zero-order chi connectivity index (χ0) is 17.0. The van der Waals surface area contributed by atoms with Crippen molar-refractivity contribution in [3.8, 4) is 5.75 Å². The minimum absolute atomic E-state index is 0. The molecule has 0 aliphatic heterocycles. The standard InChI is InChI=1S/C18H30O4S.Ca/c1-2-3-4-5-6-7-8-9-10-13-16-22-23(20,21)18-15-12-11-14-17(18)19;/h11-12,14-15,19H,2-10,13,16H2,1H3;/q;+2. The zero-order valence-electron chi connectivity index (χ0n) is 14.9. The van der Waals surface area contributed by atoms with Crippen molar-refractivity contribution in [3.05, 3.63) is 24.3 Å². The van der Waals surface area contributed by atoms with Crippen molar-refractivity contribution in [3.63, 3.8) is 0 Å². The number of phenols is 1. The van der Waals surface area contributed by atoms with Crippen LogP contribution in [0.4, 0.5) is 0 Å². The molecular formula is C18H30CaO4S+2. The Morgan fingerprint density at radius 1 is 0.875 bits per heavy atom. The van der Waals surface area contributed by atoms with Gasteiger partial charge in [-0.05, 0) is 18.6 Å². The molecule has 0 radical (unpaired) electrons. The van der Waals surface area contributed by atoms with Crippen LogP contribution in [-0.2, 0) is 14.3 Å². The first-order valence-electron chi connectivity index (χ1n) is 8.75. The van der Waals surface area contributed by atoms with E-state index in [4.69, 9.17) is 4.18 Å². The van der Waals surface area contributed by atoms with Crippen LogP contribution >= 0.6 is 0 Å². The van der Waals surface area contributed by atoms with Crippen molar-refractivity contribution < 1.29 is 17.7 Å². The molecule has 1 N–H and O–H groups in total. The number of para-hydroxylation sites is 1. The number of hydrogen-bond donors (Lipinski definition) is 1. The van der Waals surface area contributed by atoms with E-state index in [1.807, 2.05) is 0 Å². The third-order valence-electron chi connectivity index (χ3n) is 3.87. The maximum atomic E-state index is 11.9. The van der Waals surface area contributed by atoms with Crippen LogP contribution in [0.25, 0.3) is 0 Å². The Kier molecular flexibility index (Phi) is 14.5. The molecule has 0 spiro atoms. The van der Waals surface area contributed by atoms with Crippen LogP contribution in [0.5, 0.6) is 5.75 Å². The summed E-state index contributed by atoms with van der Waals surface area (Å²) in [5, 5.41) is 9.56. The molecule has 0 saturated heterocycles. The van der Waals surface area contributed by atoms with Gasteiger partial charge >= 0.3 is 47.9 Å². The monoisotopic (exact) mass is 382 g/mol. The van der Waals surface area contributed by atoms with Gasteiger partial charge in [0, 0.05) is 0 Å². The molecule has 0 unspecified atom stereocenters. The average Bonchev–Trinajstić information content (AvgIpc) is 2.53. The maximum absolute atomic E-state index is 11.9. The van der Waals surface area contributed by atoms with E-state index in [-0.39, 0.29) is 55.0 Å². The number of hydrogen-bond acceptors (Lipinski definition) is 4. The van der Waals surface area contributed by atoms with Gasteiger partial charge in [0.2, 0.25) is 0 Å². The van der Waals surface area contributed by atoms with Crippen LogP contribution < -0.4 is 0 Å². The Balaban J connectivity index is 0.00000529. The number of phenolic OH excluding ortho intramolecular Hbond substituents is 1. The molecule has 0 atom stereocenters. The van der Waals surface area contributed by atoms with E-state index < -0.39 is 10.1 Å². The number of rotatable bonds is 13. The maximum Gasteiger partial charge on any atom is 2.00 e. The molecular weight excluding hydrogens is 352 g/mol. The topological polar surface area (TPSA) is 63.6 Å². The predicted molar refractivity (Wildman–Crippen MR) is 98.8 cm³/mol. The molecule has 1 aromatic rings. The van der Waals surface area contributed by atoms with Gasteiger partial charge < -0.3 is 5.11 Å². The summed E-state index contributed by atoms with van der Waals surface area (Å²) in [4.78, 5) is -0.160. The summed E-state index contributed by atoms with van der Waals surface area (Å²) in [5.41, 5.74) is 0. The molecule has 1 aromatic carbocycles. The van der Waals surface area contributed by atoms with Gasteiger partial charge in [-0.1, -0.05) is 76.8 Å². The van der Waals surface area contributed by atoms with E-state index in [1.54, 1.807) is 12.1 Å². The fourth-order valence-corrected chi connectivity index (χ4v) is 3.52. The summed E-state index contributed by atoms with van der Waals surface area (Å²) < 4.78 is 28.8. The van der Waals surface area contributed by atoms with Crippen LogP contribution in [0.3, 0.4) is 0 Å². The third-order valence-corrected chi connectivity index (χ3v) is 5.23. The molecule has 0 amide bonds. The van der Waals surface area contributed by atoms with Crippen LogP contribution in [0.1, 0.15) is 71.1 Å². The molecule has 0 aliphatic rings. The van der Waals surface area contributed by atoms with Crippen molar-refractivity contribution in [1.29, 1.82) is 0 Å². The minimum atomic E-state index is -3.85. The normalized spacial score (nSPS) is 11.2. The second-order valence-electron chi connectivity index (χ2n) is 5.93. The van der Waals surface area contributed by atoms with Gasteiger partial charge in [0.15, 0.2) is 0 Å². The first kappa shape index (κ1) is 24.2. The van der Waals surface area contributed by atoms with E-state index in [0.717, 1.165) is 19.3 Å². The van der Waals surface area contributed by atoms with Crippen LogP contribution in [0.15, 0.2) is 29.2 Å².